The van der Waals surface area contributed by atoms with Gasteiger partial charge in [0.1, 0.15) is 29.7 Å². The zero-order valence-corrected chi connectivity index (χ0v) is 15.0. The molecule has 1 fully saturated rings. The molecule has 1 aliphatic rings. The van der Waals surface area contributed by atoms with Crippen LogP contribution in [0.3, 0.4) is 0 Å². The van der Waals surface area contributed by atoms with E-state index in [1.165, 1.54) is 0 Å². The molecule has 1 saturated heterocycles. The number of hydrogen-bond acceptors (Lipinski definition) is 5. The second-order valence-corrected chi connectivity index (χ2v) is 6.72. The van der Waals surface area contributed by atoms with Crippen LogP contribution in [-0.4, -0.2) is 28.5 Å². The molecule has 0 spiro atoms. The van der Waals surface area contributed by atoms with Crippen molar-refractivity contribution in [3.05, 3.63) is 53.7 Å². The van der Waals surface area contributed by atoms with E-state index >= 15 is 0 Å². The van der Waals surface area contributed by atoms with Gasteiger partial charge in [-0.25, -0.2) is 9.97 Å². The topological polar surface area (TPSA) is 71.3 Å². The Kier molecular flexibility index (Phi) is 4.32. The van der Waals surface area contributed by atoms with Gasteiger partial charge in [0.05, 0.1) is 5.52 Å². The highest BCUT2D eigenvalue weighted by Gasteiger charge is 2.32. The van der Waals surface area contributed by atoms with Crippen LogP contribution in [0.4, 0.5) is 5.82 Å². The number of nitrogens with one attached hydrogen (secondary N) is 1. The Labute approximate surface area is 152 Å². The molecule has 0 unspecified atom stereocenters. The first-order valence-electron chi connectivity index (χ1n) is 8.93. The minimum Gasteiger partial charge on any atom is -0.466 e. The van der Waals surface area contributed by atoms with E-state index in [0.717, 1.165) is 53.2 Å². The highest BCUT2D eigenvalue weighted by molar-refractivity contribution is 5.93. The second kappa shape index (κ2) is 6.78. The first-order valence-corrected chi connectivity index (χ1v) is 8.93. The standard InChI is InChI=1S/C20H22N4O2/c1-13-10-15(14(2)26-13)11-21-20(25)18-8-5-9-24(18)19-16-6-3-4-7-17(16)22-12-23-19/h3-4,6-7,10,12,18H,5,8-9,11H2,1-2H3,(H,21,25)/t18-/m0/s1. The molecular formula is C20H22N4O2. The average Bonchev–Trinajstić information content (AvgIpc) is 3.25. The third-order valence-electron chi connectivity index (χ3n) is 4.95. The van der Waals surface area contributed by atoms with Crippen LogP contribution < -0.4 is 10.2 Å². The van der Waals surface area contributed by atoms with Gasteiger partial charge in [-0.15, -0.1) is 0 Å². The van der Waals surface area contributed by atoms with Crippen LogP contribution in [0.2, 0.25) is 0 Å². The van der Waals surface area contributed by atoms with E-state index < -0.39 is 0 Å². The number of rotatable bonds is 4. The third kappa shape index (κ3) is 3.03. The number of anilines is 1. The summed E-state index contributed by atoms with van der Waals surface area (Å²) in [5, 5.41) is 4.04. The van der Waals surface area contributed by atoms with E-state index in [-0.39, 0.29) is 11.9 Å². The van der Waals surface area contributed by atoms with Gasteiger partial charge in [0.25, 0.3) is 0 Å². The maximum absolute atomic E-state index is 12.8. The number of nitrogens with zero attached hydrogens (tertiary/aromatic N) is 3. The van der Waals surface area contributed by atoms with Crippen molar-refractivity contribution in [2.24, 2.45) is 0 Å². The summed E-state index contributed by atoms with van der Waals surface area (Å²) < 4.78 is 5.53. The molecule has 6 heteroatoms. The lowest BCUT2D eigenvalue weighted by Gasteiger charge is -2.25. The second-order valence-electron chi connectivity index (χ2n) is 6.72. The molecule has 3 heterocycles. The van der Waals surface area contributed by atoms with Gasteiger partial charge < -0.3 is 14.6 Å². The van der Waals surface area contributed by atoms with Crippen molar-refractivity contribution in [2.45, 2.75) is 39.3 Å². The van der Waals surface area contributed by atoms with E-state index in [4.69, 9.17) is 4.42 Å². The minimum absolute atomic E-state index is 0.0310. The number of benzene rings is 1. The van der Waals surface area contributed by atoms with Crippen LogP contribution in [-0.2, 0) is 11.3 Å². The Hall–Kier alpha value is -2.89. The van der Waals surface area contributed by atoms with Gasteiger partial charge in [-0.3, -0.25) is 4.79 Å². The number of amides is 1. The summed E-state index contributed by atoms with van der Waals surface area (Å²) in [6, 6.07) is 9.68. The van der Waals surface area contributed by atoms with Gasteiger partial charge in [-0.2, -0.15) is 0 Å². The smallest absolute Gasteiger partial charge is 0.243 e. The fourth-order valence-electron chi connectivity index (χ4n) is 3.67. The highest BCUT2D eigenvalue weighted by atomic mass is 16.3. The summed E-state index contributed by atoms with van der Waals surface area (Å²) in [4.78, 5) is 23.7. The minimum atomic E-state index is -0.207. The number of para-hydroxylation sites is 1. The lowest BCUT2D eigenvalue weighted by atomic mass is 10.1. The van der Waals surface area contributed by atoms with E-state index in [2.05, 4.69) is 20.2 Å². The molecule has 0 saturated carbocycles. The van der Waals surface area contributed by atoms with E-state index in [0.29, 0.717) is 6.54 Å². The molecule has 3 aromatic rings. The number of carbonyl (C=O) groups is 1. The van der Waals surface area contributed by atoms with Gasteiger partial charge in [-0.1, -0.05) is 12.1 Å². The Balaban J connectivity index is 1.54. The van der Waals surface area contributed by atoms with Crippen molar-refractivity contribution in [3.63, 3.8) is 0 Å². The fourth-order valence-corrected chi connectivity index (χ4v) is 3.67. The molecule has 1 N–H and O–H groups in total. The first-order chi connectivity index (χ1) is 12.6. The molecule has 1 aromatic carbocycles. The number of fused-ring (bicyclic) bond motifs is 1. The number of aromatic nitrogens is 2. The third-order valence-corrected chi connectivity index (χ3v) is 4.95. The molecule has 0 radical (unpaired) electrons. The molecule has 6 nitrogen and oxygen atoms in total. The van der Waals surface area contributed by atoms with Crippen molar-refractivity contribution in [1.82, 2.24) is 15.3 Å². The summed E-state index contributed by atoms with van der Waals surface area (Å²) in [6.45, 7) is 5.14. The maximum Gasteiger partial charge on any atom is 0.243 e. The summed E-state index contributed by atoms with van der Waals surface area (Å²) in [6.07, 6.45) is 3.37. The number of hydrogen-bond donors (Lipinski definition) is 1. The summed E-state index contributed by atoms with van der Waals surface area (Å²) in [5.74, 6) is 2.58. The molecule has 0 aliphatic carbocycles. The first kappa shape index (κ1) is 16.6. The molecule has 0 bridgehead atoms. The summed E-state index contributed by atoms with van der Waals surface area (Å²) in [5.41, 5.74) is 1.92. The Morgan fingerprint density at radius 2 is 2.15 bits per heavy atom. The van der Waals surface area contributed by atoms with Gasteiger partial charge in [0.2, 0.25) is 5.91 Å². The predicted molar refractivity (Wildman–Crippen MR) is 99.9 cm³/mol. The molecule has 4 rings (SSSR count). The average molecular weight is 350 g/mol. The fraction of sp³-hybridized carbons (Fsp3) is 0.350. The summed E-state index contributed by atoms with van der Waals surface area (Å²) >= 11 is 0. The van der Waals surface area contributed by atoms with Crippen LogP contribution in [0.15, 0.2) is 41.1 Å². The quantitative estimate of drug-likeness (QED) is 0.783. The lowest BCUT2D eigenvalue weighted by Crippen LogP contribution is -2.43. The number of furan rings is 1. The van der Waals surface area contributed by atoms with Crippen molar-refractivity contribution < 1.29 is 9.21 Å². The maximum atomic E-state index is 12.8. The van der Waals surface area contributed by atoms with E-state index in [1.54, 1.807) is 6.33 Å². The molecule has 1 aliphatic heterocycles. The van der Waals surface area contributed by atoms with Gasteiger partial charge in [-0.05, 0) is 44.9 Å². The monoisotopic (exact) mass is 350 g/mol. The molecule has 1 amide bonds. The normalized spacial score (nSPS) is 17.0. The van der Waals surface area contributed by atoms with Crippen LogP contribution >= 0.6 is 0 Å². The zero-order chi connectivity index (χ0) is 18.1. The number of carbonyl (C=O) groups excluding carboxylic acids is 1. The molecule has 134 valence electrons. The molecule has 2 aromatic heterocycles. The highest BCUT2D eigenvalue weighted by Crippen LogP contribution is 2.29. The Morgan fingerprint density at radius 3 is 2.96 bits per heavy atom. The van der Waals surface area contributed by atoms with Crippen LogP contribution in [0.1, 0.15) is 29.9 Å². The van der Waals surface area contributed by atoms with E-state index in [1.807, 2.05) is 44.2 Å². The Bertz CT molecular complexity index is 945. The van der Waals surface area contributed by atoms with Crippen molar-refractivity contribution in [1.29, 1.82) is 0 Å². The van der Waals surface area contributed by atoms with Crippen molar-refractivity contribution in [3.8, 4) is 0 Å². The van der Waals surface area contributed by atoms with Crippen LogP contribution in [0.5, 0.6) is 0 Å². The zero-order valence-electron chi connectivity index (χ0n) is 15.0. The Morgan fingerprint density at radius 1 is 1.31 bits per heavy atom. The molecule has 1 atom stereocenters. The van der Waals surface area contributed by atoms with Gasteiger partial charge in [0.15, 0.2) is 0 Å². The lowest BCUT2D eigenvalue weighted by molar-refractivity contribution is -0.122. The predicted octanol–water partition coefficient (Wildman–Crippen LogP) is 3.12. The molecule has 26 heavy (non-hydrogen) atoms. The SMILES string of the molecule is Cc1cc(CNC(=O)[C@@H]2CCCN2c2ncnc3ccccc23)c(C)o1. The van der Waals surface area contributed by atoms with Crippen LogP contribution in [0, 0.1) is 13.8 Å². The van der Waals surface area contributed by atoms with E-state index in [9.17, 15) is 4.79 Å². The summed E-state index contributed by atoms with van der Waals surface area (Å²) in [7, 11) is 0. The largest absolute Gasteiger partial charge is 0.466 e. The van der Waals surface area contributed by atoms with Crippen LogP contribution in [0.25, 0.3) is 10.9 Å². The van der Waals surface area contributed by atoms with Crippen molar-refractivity contribution in [2.75, 3.05) is 11.4 Å². The number of aryl methyl sites for hydroxylation is 2. The van der Waals surface area contributed by atoms with Gasteiger partial charge in [0, 0.05) is 24.0 Å². The molecular weight excluding hydrogens is 328 g/mol. The van der Waals surface area contributed by atoms with Crippen molar-refractivity contribution >= 4 is 22.6 Å². The van der Waals surface area contributed by atoms with Gasteiger partial charge >= 0.3 is 0 Å².